The van der Waals surface area contributed by atoms with E-state index in [1.165, 1.54) is 15.3 Å². The second-order valence-electron chi connectivity index (χ2n) is 6.28. The van der Waals surface area contributed by atoms with Crippen molar-refractivity contribution in [3.05, 3.63) is 51.2 Å². The van der Waals surface area contributed by atoms with Gasteiger partial charge in [-0.05, 0) is 36.5 Å². The van der Waals surface area contributed by atoms with Gasteiger partial charge in [-0.2, -0.15) is 0 Å². The third-order valence-electron chi connectivity index (χ3n) is 4.52. The molecule has 0 amide bonds. The zero-order valence-electron chi connectivity index (χ0n) is 12.5. The molecule has 0 spiro atoms. The van der Waals surface area contributed by atoms with Crippen molar-refractivity contribution in [3.8, 4) is 5.75 Å². The summed E-state index contributed by atoms with van der Waals surface area (Å²) in [6, 6.07) is 10.4. The molecule has 1 unspecified atom stereocenters. The van der Waals surface area contributed by atoms with Gasteiger partial charge in [-0.25, -0.2) is 0 Å². The molecule has 0 aliphatic heterocycles. The lowest BCUT2D eigenvalue weighted by molar-refractivity contribution is 0.230. The third kappa shape index (κ3) is 1.66. The smallest absolute Gasteiger partial charge is 0.124 e. The van der Waals surface area contributed by atoms with Crippen molar-refractivity contribution < 1.29 is 4.74 Å². The summed E-state index contributed by atoms with van der Waals surface area (Å²) in [4.78, 5) is 2.62. The Kier molecular flexibility index (Phi) is 2.96. The fourth-order valence-corrected chi connectivity index (χ4v) is 4.74. The lowest BCUT2D eigenvalue weighted by Crippen LogP contribution is -2.47. The standard InChI is InChI=1S/C17H21NOS/c1-11-9-12-10-16(2,3)17(18,15(12)20-11)13-7-5-6-8-14(13)19-4/h5-9H,10,18H2,1-4H3. The number of thiophene rings is 1. The molecule has 0 saturated heterocycles. The maximum atomic E-state index is 6.99. The average molecular weight is 287 g/mol. The van der Waals surface area contributed by atoms with Crippen molar-refractivity contribution in [3.63, 3.8) is 0 Å². The highest BCUT2D eigenvalue weighted by Gasteiger charge is 2.53. The first-order valence-corrected chi connectivity index (χ1v) is 7.74. The SMILES string of the molecule is COc1ccccc1C1(N)c2sc(C)cc2CC1(C)C. The minimum atomic E-state index is -0.478. The molecule has 3 rings (SSSR count). The van der Waals surface area contributed by atoms with Crippen LogP contribution in [0.15, 0.2) is 30.3 Å². The van der Waals surface area contributed by atoms with E-state index < -0.39 is 5.54 Å². The van der Waals surface area contributed by atoms with E-state index in [-0.39, 0.29) is 5.41 Å². The Bertz CT molecular complexity index is 659. The Balaban J connectivity index is 2.27. The molecule has 2 N–H and O–H groups in total. The number of para-hydroxylation sites is 1. The summed E-state index contributed by atoms with van der Waals surface area (Å²) >= 11 is 1.82. The van der Waals surface area contributed by atoms with E-state index in [1.807, 2.05) is 29.5 Å². The normalized spacial score (nSPS) is 23.6. The van der Waals surface area contributed by atoms with Crippen LogP contribution in [-0.4, -0.2) is 7.11 Å². The third-order valence-corrected chi connectivity index (χ3v) is 5.75. The first kappa shape index (κ1) is 13.7. The number of benzene rings is 1. The molecular weight excluding hydrogens is 266 g/mol. The molecule has 1 heterocycles. The van der Waals surface area contributed by atoms with Crippen molar-refractivity contribution in [1.29, 1.82) is 0 Å². The predicted molar refractivity (Wildman–Crippen MR) is 84.5 cm³/mol. The Labute approximate surface area is 124 Å². The van der Waals surface area contributed by atoms with Crippen molar-refractivity contribution in [2.45, 2.75) is 32.7 Å². The number of aryl methyl sites for hydroxylation is 1. The Morgan fingerprint density at radius 3 is 2.65 bits per heavy atom. The van der Waals surface area contributed by atoms with Gasteiger partial charge in [-0.3, -0.25) is 0 Å². The molecule has 0 saturated carbocycles. The van der Waals surface area contributed by atoms with Crippen molar-refractivity contribution in [2.75, 3.05) is 7.11 Å². The van der Waals surface area contributed by atoms with Crippen molar-refractivity contribution in [1.82, 2.24) is 0 Å². The minimum Gasteiger partial charge on any atom is -0.496 e. The molecule has 1 aromatic carbocycles. The highest BCUT2D eigenvalue weighted by atomic mass is 32.1. The summed E-state index contributed by atoms with van der Waals surface area (Å²) in [6.45, 7) is 6.65. The van der Waals surface area contributed by atoms with E-state index in [2.05, 4.69) is 32.9 Å². The molecule has 2 nitrogen and oxygen atoms in total. The second kappa shape index (κ2) is 4.34. The van der Waals surface area contributed by atoms with Crippen LogP contribution in [0.25, 0.3) is 0 Å². The fourth-order valence-electron chi connectivity index (χ4n) is 3.41. The predicted octanol–water partition coefficient (Wildman–Crippen LogP) is 3.85. The molecular formula is C17H21NOS. The van der Waals surface area contributed by atoms with Crippen LogP contribution < -0.4 is 10.5 Å². The average Bonchev–Trinajstić information content (AvgIpc) is 2.85. The van der Waals surface area contributed by atoms with Gasteiger partial charge in [-0.1, -0.05) is 32.0 Å². The van der Waals surface area contributed by atoms with E-state index in [4.69, 9.17) is 10.5 Å². The van der Waals surface area contributed by atoms with Gasteiger partial charge >= 0.3 is 0 Å². The van der Waals surface area contributed by atoms with Gasteiger partial charge in [0.1, 0.15) is 5.75 Å². The zero-order valence-corrected chi connectivity index (χ0v) is 13.3. The van der Waals surface area contributed by atoms with Gasteiger partial charge in [0.25, 0.3) is 0 Å². The van der Waals surface area contributed by atoms with Gasteiger partial charge in [0.2, 0.25) is 0 Å². The summed E-state index contributed by atoms with van der Waals surface area (Å²) in [5.41, 5.74) is 8.98. The summed E-state index contributed by atoms with van der Waals surface area (Å²) in [5.74, 6) is 0.877. The van der Waals surface area contributed by atoms with Crippen LogP contribution in [0.3, 0.4) is 0 Å². The van der Waals surface area contributed by atoms with Gasteiger partial charge < -0.3 is 10.5 Å². The number of hydrogen-bond acceptors (Lipinski definition) is 3. The molecule has 106 valence electrons. The van der Waals surface area contributed by atoms with Crippen LogP contribution in [0, 0.1) is 12.3 Å². The fraction of sp³-hybridized carbons (Fsp3) is 0.412. The molecule has 1 atom stereocenters. The summed E-state index contributed by atoms with van der Waals surface area (Å²) in [7, 11) is 1.71. The van der Waals surface area contributed by atoms with E-state index in [0.29, 0.717) is 0 Å². The largest absolute Gasteiger partial charge is 0.496 e. The number of ether oxygens (including phenoxy) is 1. The molecule has 0 radical (unpaired) electrons. The van der Waals surface area contributed by atoms with E-state index in [1.54, 1.807) is 7.11 Å². The van der Waals surface area contributed by atoms with E-state index >= 15 is 0 Å². The maximum Gasteiger partial charge on any atom is 0.124 e. The number of hydrogen-bond donors (Lipinski definition) is 1. The first-order valence-electron chi connectivity index (χ1n) is 6.92. The Morgan fingerprint density at radius 2 is 1.95 bits per heavy atom. The van der Waals surface area contributed by atoms with E-state index in [9.17, 15) is 0 Å². The molecule has 20 heavy (non-hydrogen) atoms. The molecule has 1 aromatic heterocycles. The van der Waals surface area contributed by atoms with Crippen LogP contribution in [-0.2, 0) is 12.0 Å². The summed E-state index contributed by atoms with van der Waals surface area (Å²) in [5, 5.41) is 0. The molecule has 3 heteroatoms. The van der Waals surface area contributed by atoms with Gasteiger partial charge in [-0.15, -0.1) is 11.3 Å². The summed E-state index contributed by atoms with van der Waals surface area (Å²) in [6.07, 6.45) is 1.02. The first-order chi connectivity index (χ1) is 9.40. The van der Waals surface area contributed by atoms with Crippen LogP contribution in [0.1, 0.15) is 34.7 Å². The molecule has 0 bridgehead atoms. The van der Waals surface area contributed by atoms with E-state index in [0.717, 1.165) is 17.7 Å². The van der Waals surface area contributed by atoms with Crippen LogP contribution >= 0.6 is 11.3 Å². The van der Waals surface area contributed by atoms with Gasteiger partial charge in [0.15, 0.2) is 0 Å². The number of nitrogens with two attached hydrogens (primary N) is 1. The lowest BCUT2D eigenvalue weighted by atomic mass is 9.71. The lowest BCUT2D eigenvalue weighted by Gasteiger charge is -2.39. The Hall–Kier alpha value is -1.32. The zero-order chi connectivity index (χ0) is 14.5. The number of methoxy groups -OCH3 is 1. The summed E-state index contributed by atoms with van der Waals surface area (Å²) < 4.78 is 5.56. The van der Waals surface area contributed by atoms with Crippen molar-refractivity contribution >= 4 is 11.3 Å². The molecule has 2 aromatic rings. The van der Waals surface area contributed by atoms with Crippen LogP contribution in [0.5, 0.6) is 5.75 Å². The van der Waals surface area contributed by atoms with Gasteiger partial charge in [0.05, 0.1) is 12.6 Å². The second-order valence-corrected chi connectivity index (χ2v) is 7.54. The topological polar surface area (TPSA) is 35.2 Å². The molecule has 0 fully saturated rings. The highest BCUT2D eigenvalue weighted by Crippen LogP contribution is 2.56. The Morgan fingerprint density at radius 1 is 1.25 bits per heavy atom. The molecule has 1 aliphatic rings. The minimum absolute atomic E-state index is 0.0174. The van der Waals surface area contributed by atoms with Crippen molar-refractivity contribution in [2.24, 2.45) is 11.1 Å². The van der Waals surface area contributed by atoms with Crippen LogP contribution in [0.4, 0.5) is 0 Å². The molecule has 1 aliphatic carbocycles. The highest BCUT2D eigenvalue weighted by molar-refractivity contribution is 7.12. The van der Waals surface area contributed by atoms with Gasteiger partial charge in [0, 0.05) is 15.3 Å². The number of fused-ring (bicyclic) bond motifs is 1. The maximum absolute atomic E-state index is 6.99. The number of rotatable bonds is 2. The van der Waals surface area contributed by atoms with Crippen LogP contribution in [0.2, 0.25) is 0 Å². The quantitative estimate of drug-likeness (QED) is 0.910. The monoisotopic (exact) mass is 287 g/mol.